The Bertz CT molecular complexity index is 2440. The summed E-state index contributed by atoms with van der Waals surface area (Å²) >= 11 is 0. The zero-order valence-corrected chi connectivity index (χ0v) is 41.8. The second-order valence-corrected chi connectivity index (χ2v) is 17.8. The van der Waals surface area contributed by atoms with E-state index in [0.717, 1.165) is 11.8 Å². The number of nitrogens with zero attached hydrogens (tertiary/aromatic N) is 1. The predicted molar refractivity (Wildman–Crippen MR) is 264 cm³/mol. The maximum Gasteiger partial charge on any atom is 0.328 e. The molecule has 1 fully saturated rings. The van der Waals surface area contributed by atoms with Gasteiger partial charge in [-0.25, -0.2) is 4.79 Å². The van der Waals surface area contributed by atoms with Gasteiger partial charge in [0.25, 0.3) is 0 Å². The number of carbonyl (C=O) groups excluding carboxylic acids is 11. The topological polar surface area (TPSA) is 504 Å². The molecule has 0 aromatic heterocycles. The Morgan fingerprint density at radius 1 is 0.597 bits per heavy atom. The molecule has 1 aliphatic heterocycles. The third-order valence-corrected chi connectivity index (χ3v) is 11.8. The van der Waals surface area contributed by atoms with Crippen molar-refractivity contribution in [3.63, 3.8) is 0 Å². The quantitative estimate of drug-likeness (QED) is 0.0333. The molecule has 2 aromatic rings. The highest BCUT2D eigenvalue weighted by Gasteiger charge is 2.39. The van der Waals surface area contributed by atoms with E-state index < -0.39 is 158 Å². The fourth-order valence-corrected chi connectivity index (χ4v) is 7.55. The van der Waals surface area contributed by atoms with Crippen molar-refractivity contribution in [3.05, 3.63) is 59.7 Å². The molecule has 422 valence electrons. The summed E-state index contributed by atoms with van der Waals surface area (Å²) in [6.07, 6.45) is -2.89. The average Bonchev–Trinajstić information content (AvgIpc) is 3.88. The highest BCUT2D eigenvalue weighted by Crippen LogP contribution is 2.19. The van der Waals surface area contributed by atoms with Gasteiger partial charge < -0.3 is 95.3 Å². The predicted octanol–water partition coefficient (Wildman–Crippen LogP) is -7.68. The van der Waals surface area contributed by atoms with Gasteiger partial charge in [0.2, 0.25) is 65.0 Å². The van der Waals surface area contributed by atoms with Crippen LogP contribution in [0, 0.1) is 0 Å². The second kappa shape index (κ2) is 30.8. The number of amides is 11. The summed E-state index contributed by atoms with van der Waals surface area (Å²) in [4.78, 5) is 155. The first-order chi connectivity index (χ1) is 36.3. The summed E-state index contributed by atoms with van der Waals surface area (Å²) < 4.78 is 0. The maximum atomic E-state index is 13.7. The summed E-state index contributed by atoms with van der Waals surface area (Å²) in [5.41, 5.74) is 17.0. The standard InChI is InChI=1S/C47H66N12O18/c1-23(62)39(47(76)77)58-43(72)31(18-25-6-10-27(64)11-7-25)53-37(67)20-52-45(74)34-3-2-16-59(34)46(75)33(22-61)57-44(73)32(21-60)54-38(68)19-51-41(70)30(17-24-4-8-26(63)9-5-24)56-42(71)29(13-15-36(50)66)55-40(69)28(48)12-14-35(49)65/h4-11,23,28-34,39,60-64H,2-3,12-22,48H2,1H3,(H2,49,65)(H2,50,66)(H,51,70)(H,52,74)(H,53,67)(H,54,68)(H,55,69)(H,56,71)(H,57,73)(H,58,72)(H,76,77)/t23-,28+,29+,30+,31+,32+,33+,34+,39+/m1/s1. The van der Waals surface area contributed by atoms with E-state index in [-0.39, 0.29) is 63.0 Å². The van der Waals surface area contributed by atoms with E-state index in [1.165, 1.54) is 48.5 Å². The van der Waals surface area contributed by atoms with Gasteiger partial charge in [-0.2, -0.15) is 0 Å². The Labute approximate surface area is 439 Å². The summed E-state index contributed by atoms with van der Waals surface area (Å²) in [7, 11) is 0. The normalized spacial score (nSPS) is 16.0. The van der Waals surface area contributed by atoms with Crippen LogP contribution in [0.1, 0.15) is 56.6 Å². The van der Waals surface area contributed by atoms with Crippen molar-refractivity contribution in [1.29, 1.82) is 0 Å². The van der Waals surface area contributed by atoms with Crippen molar-refractivity contribution >= 4 is 70.9 Å². The molecule has 1 aliphatic rings. The van der Waals surface area contributed by atoms with Crippen LogP contribution in [0.15, 0.2) is 48.5 Å². The molecule has 9 atom stereocenters. The second-order valence-electron chi connectivity index (χ2n) is 17.8. The number of hydrogen-bond donors (Lipinski definition) is 17. The number of nitrogens with two attached hydrogens (primary N) is 3. The molecule has 77 heavy (non-hydrogen) atoms. The Morgan fingerprint density at radius 2 is 1.05 bits per heavy atom. The van der Waals surface area contributed by atoms with Crippen molar-refractivity contribution in [2.75, 3.05) is 32.8 Å². The molecule has 2 aromatic carbocycles. The maximum absolute atomic E-state index is 13.7. The van der Waals surface area contributed by atoms with E-state index in [1.807, 2.05) is 0 Å². The number of aliphatic hydroxyl groups excluding tert-OH is 3. The number of rotatable bonds is 31. The lowest BCUT2D eigenvalue weighted by Gasteiger charge is -2.29. The molecular formula is C47H66N12O18. The molecule has 0 radical (unpaired) electrons. The van der Waals surface area contributed by atoms with Gasteiger partial charge in [0, 0.05) is 32.2 Å². The van der Waals surface area contributed by atoms with Crippen LogP contribution in [0.25, 0.3) is 0 Å². The zero-order valence-electron chi connectivity index (χ0n) is 41.8. The lowest BCUT2D eigenvalue weighted by molar-refractivity contribution is -0.145. The van der Waals surface area contributed by atoms with Gasteiger partial charge in [0.15, 0.2) is 6.04 Å². The van der Waals surface area contributed by atoms with Crippen molar-refractivity contribution < 1.29 is 88.2 Å². The molecule has 30 nitrogen and oxygen atoms in total. The molecule has 20 N–H and O–H groups in total. The van der Waals surface area contributed by atoms with Crippen molar-refractivity contribution in [3.8, 4) is 11.5 Å². The highest BCUT2D eigenvalue weighted by atomic mass is 16.4. The third kappa shape index (κ3) is 21.0. The number of aromatic hydroxyl groups is 2. The van der Waals surface area contributed by atoms with E-state index in [2.05, 4.69) is 42.5 Å². The number of primary amides is 2. The number of benzene rings is 2. The zero-order chi connectivity index (χ0) is 57.5. The summed E-state index contributed by atoms with van der Waals surface area (Å²) in [6, 6.07) is -1.36. The number of nitrogens with one attached hydrogen (secondary N) is 8. The largest absolute Gasteiger partial charge is 0.508 e. The molecular weight excluding hydrogens is 1020 g/mol. The molecule has 0 unspecified atom stereocenters. The molecule has 0 spiro atoms. The minimum atomic E-state index is -1.80. The van der Waals surface area contributed by atoms with E-state index in [9.17, 15) is 88.2 Å². The lowest BCUT2D eigenvalue weighted by atomic mass is 10.0. The Balaban J connectivity index is 1.65. The van der Waals surface area contributed by atoms with Crippen molar-refractivity contribution in [2.45, 2.75) is 113 Å². The van der Waals surface area contributed by atoms with Crippen LogP contribution in [0.3, 0.4) is 0 Å². The van der Waals surface area contributed by atoms with Crippen molar-refractivity contribution in [1.82, 2.24) is 47.4 Å². The van der Waals surface area contributed by atoms with E-state index in [1.54, 1.807) is 0 Å². The van der Waals surface area contributed by atoms with Crippen LogP contribution in [-0.2, 0) is 70.4 Å². The molecule has 30 heteroatoms. The summed E-state index contributed by atoms with van der Waals surface area (Å²) in [5, 5.41) is 77.2. The van der Waals surface area contributed by atoms with Gasteiger partial charge in [-0.3, -0.25) is 52.7 Å². The number of phenolic OH excluding ortho intramolecular Hbond substituents is 2. The van der Waals surface area contributed by atoms with Crippen LogP contribution >= 0.6 is 0 Å². The molecule has 3 rings (SSSR count). The first-order valence-corrected chi connectivity index (χ1v) is 24.0. The SMILES string of the molecule is C[C@@H](O)[C@H](NC(=O)[C@H](Cc1ccc(O)cc1)NC(=O)CNC(=O)[C@@H]1CCCN1C(=O)[C@H](CO)NC(=O)[C@H](CO)NC(=O)CNC(=O)[C@H](Cc1ccc(O)cc1)NC(=O)[C@H](CCC(N)=O)NC(=O)[C@@H](N)CCC(N)=O)C(=O)O. The molecule has 0 bridgehead atoms. The van der Waals surface area contributed by atoms with Crippen LogP contribution < -0.4 is 59.7 Å². The number of carboxylic acids is 1. The first kappa shape index (κ1) is 62.8. The number of carboxylic acid groups (broad SMARTS) is 1. The molecule has 11 amide bonds. The van der Waals surface area contributed by atoms with Gasteiger partial charge in [-0.15, -0.1) is 0 Å². The van der Waals surface area contributed by atoms with Crippen LogP contribution in [0.4, 0.5) is 0 Å². The molecule has 1 heterocycles. The number of aliphatic carboxylic acids is 1. The van der Waals surface area contributed by atoms with E-state index in [4.69, 9.17) is 17.2 Å². The van der Waals surface area contributed by atoms with Gasteiger partial charge in [-0.1, -0.05) is 24.3 Å². The number of likely N-dealkylation sites (tertiary alicyclic amines) is 1. The van der Waals surface area contributed by atoms with Gasteiger partial charge in [0.05, 0.1) is 38.4 Å². The Kier molecular flexibility index (Phi) is 25.1. The Morgan fingerprint density at radius 3 is 1.56 bits per heavy atom. The fourth-order valence-electron chi connectivity index (χ4n) is 7.55. The third-order valence-electron chi connectivity index (χ3n) is 11.8. The number of carbonyl (C=O) groups is 12. The number of phenols is 2. The van der Waals surface area contributed by atoms with Crippen LogP contribution in [-0.4, -0.2) is 194 Å². The van der Waals surface area contributed by atoms with Crippen LogP contribution in [0.5, 0.6) is 11.5 Å². The first-order valence-electron chi connectivity index (χ1n) is 24.0. The number of aliphatic hydroxyl groups is 3. The summed E-state index contributed by atoms with van der Waals surface area (Å²) in [6.45, 7) is -2.67. The monoisotopic (exact) mass is 1090 g/mol. The van der Waals surface area contributed by atoms with Gasteiger partial charge >= 0.3 is 5.97 Å². The lowest BCUT2D eigenvalue weighted by Crippen LogP contribution is -2.59. The molecule has 0 aliphatic carbocycles. The minimum Gasteiger partial charge on any atom is -0.508 e. The molecule has 0 saturated carbocycles. The average molecular weight is 1090 g/mol. The van der Waals surface area contributed by atoms with Gasteiger partial charge in [-0.05, 0) is 68.0 Å². The highest BCUT2D eigenvalue weighted by molar-refractivity contribution is 5.98. The smallest absolute Gasteiger partial charge is 0.328 e. The molecule has 1 saturated heterocycles. The Hall–Kier alpha value is -8.48. The van der Waals surface area contributed by atoms with Crippen LogP contribution in [0.2, 0.25) is 0 Å². The fraction of sp³-hybridized carbons (Fsp3) is 0.489. The van der Waals surface area contributed by atoms with Crippen molar-refractivity contribution in [2.24, 2.45) is 17.2 Å². The number of hydrogen-bond acceptors (Lipinski definition) is 18. The minimum absolute atomic E-state index is 0.0539. The van der Waals surface area contributed by atoms with E-state index in [0.29, 0.717) is 11.1 Å². The van der Waals surface area contributed by atoms with Gasteiger partial charge in [0.1, 0.15) is 47.8 Å². The van der Waals surface area contributed by atoms with E-state index >= 15 is 0 Å². The summed E-state index contributed by atoms with van der Waals surface area (Å²) in [5.74, 6) is -12.3.